The summed E-state index contributed by atoms with van der Waals surface area (Å²) in [6.45, 7) is 1.93. The van der Waals surface area contributed by atoms with E-state index in [0.717, 1.165) is 32.3 Å². The van der Waals surface area contributed by atoms with Crippen LogP contribution in [-0.2, 0) is 16.0 Å². The Hall–Kier alpha value is -1.39. The van der Waals surface area contributed by atoms with Gasteiger partial charge in [-0.3, -0.25) is 9.69 Å². The Morgan fingerprint density at radius 1 is 1.38 bits per heavy atom. The maximum atomic E-state index is 12.1. The minimum Gasteiger partial charge on any atom is -0.376 e. The molecule has 2 aliphatic rings. The Morgan fingerprint density at radius 3 is 3.05 bits per heavy atom. The van der Waals surface area contributed by atoms with Crippen LogP contribution >= 0.6 is 0 Å². The molecule has 0 spiro atoms. The number of hydrogen-bond donors (Lipinski definition) is 1. The number of ether oxygens (including phenoxy) is 1. The van der Waals surface area contributed by atoms with E-state index in [0.29, 0.717) is 19.1 Å². The van der Waals surface area contributed by atoms with Crippen molar-refractivity contribution in [1.29, 1.82) is 0 Å². The van der Waals surface area contributed by atoms with Gasteiger partial charge in [0.15, 0.2) is 0 Å². The topological polar surface area (TPSA) is 41.6 Å². The lowest BCUT2D eigenvalue weighted by Crippen LogP contribution is -2.39. The summed E-state index contributed by atoms with van der Waals surface area (Å²) in [5, 5.41) is 3.00. The summed E-state index contributed by atoms with van der Waals surface area (Å²) in [7, 11) is 2.04. The standard InChI is InChI=1S/C17H24N2O2/c1-19(12-17(20)18-11-14-6-4-10-21-14)16-9-8-13-5-2-3-7-15(13)16/h2-3,5,7,14,16H,4,6,8-12H2,1H3,(H,18,20). The number of benzene rings is 1. The number of amides is 1. The van der Waals surface area contributed by atoms with Crippen molar-refractivity contribution in [2.45, 2.75) is 37.8 Å². The quantitative estimate of drug-likeness (QED) is 0.900. The predicted octanol–water partition coefficient (Wildman–Crippen LogP) is 1.90. The number of carbonyl (C=O) groups excluding carboxylic acids is 1. The van der Waals surface area contributed by atoms with Gasteiger partial charge in [-0.2, -0.15) is 0 Å². The second-order valence-corrected chi connectivity index (χ2v) is 6.11. The molecule has 0 saturated carbocycles. The van der Waals surface area contributed by atoms with Crippen molar-refractivity contribution in [2.75, 3.05) is 26.7 Å². The highest BCUT2D eigenvalue weighted by molar-refractivity contribution is 5.78. The second kappa shape index (κ2) is 6.58. The molecule has 4 heteroatoms. The monoisotopic (exact) mass is 288 g/mol. The molecule has 1 aromatic carbocycles. The Bertz CT molecular complexity index is 497. The van der Waals surface area contributed by atoms with Crippen molar-refractivity contribution in [3.05, 3.63) is 35.4 Å². The van der Waals surface area contributed by atoms with Crippen molar-refractivity contribution in [2.24, 2.45) is 0 Å². The van der Waals surface area contributed by atoms with Gasteiger partial charge >= 0.3 is 0 Å². The first-order valence-electron chi connectivity index (χ1n) is 7.90. The zero-order chi connectivity index (χ0) is 14.7. The summed E-state index contributed by atoms with van der Waals surface area (Å²) in [5.74, 6) is 0.0948. The summed E-state index contributed by atoms with van der Waals surface area (Å²) >= 11 is 0. The smallest absolute Gasteiger partial charge is 0.234 e. The third-order valence-corrected chi connectivity index (χ3v) is 4.58. The Labute approximate surface area is 126 Å². The molecule has 2 atom stereocenters. The molecule has 4 nitrogen and oxygen atoms in total. The molecule has 21 heavy (non-hydrogen) atoms. The molecule has 1 saturated heterocycles. The maximum absolute atomic E-state index is 12.1. The van der Waals surface area contributed by atoms with Gasteiger partial charge in [0.25, 0.3) is 0 Å². The number of hydrogen-bond acceptors (Lipinski definition) is 3. The highest BCUT2D eigenvalue weighted by Crippen LogP contribution is 2.34. The normalized spacial score (nSPS) is 24.3. The fraction of sp³-hybridized carbons (Fsp3) is 0.588. The lowest BCUT2D eigenvalue weighted by molar-refractivity contribution is -0.123. The zero-order valence-electron chi connectivity index (χ0n) is 12.7. The van der Waals surface area contributed by atoms with Gasteiger partial charge in [0.1, 0.15) is 0 Å². The average molecular weight is 288 g/mol. The van der Waals surface area contributed by atoms with Crippen LogP contribution in [0.4, 0.5) is 0 Å². The molecular weight excluding hydrogens is 264 g/mol. The average Bonchev–Trinajstić information content (AvgIpc) is 3.14. The third kappa shape index (κ3) is 3.44. The van der Waals surface area contributed by atoms with Gasteiger partial charge in [-0.1, -0.05) is 24.3 Å². The first-order chi connectivity index (χ1) is 10.2. The van der Waals surface area contributed by atoms with E-state index in [1.807, 2.05) is 7.05 Å². The van der Waals surface area contributed by atoms with Gasteiger partial charge in [-0.05, 0) is 43.9 Å². The van der Waals surface area contributed by atoms with Gasteiger partial charge in [0.2, 0.25) is 5.91 Å². The van der Waals surface area contributed by atoms with Crippen LogP contribution in [-0.4, -0.2) is 43.7 Å². The zero-order valence-corrected chi connectivity index (χ0v) is 12.7. The van der Waals surface area contributed by atoms with E-state index < -0.39 is 0 Å². The molecule has 1 N–H and O–H groups in total. The van der Waals surface area contributed by atoms with E-state index in [9.17, 15) is 4.79 Å². The van der Waals surface area contributed by atoms with Crippen LogP contribution in [0.1, 0.15) is 36.4 Å². The van der Waals surface area contributed by atoms with Crippen molar-refractivity contribution in [1.82, 2.24) is 10.2 Å². The maximum Gasteiger partial charge on any atom is 0.234 e. The molecular formula is C17H24N2O2. The Kier molecular flexibility index (Phi) is 4.56. The third-order valence-electron chi connectivity index (χ3n) is 4.58. The minimum absolute atomic E-state index is 0.0948. The fourth-order valence-corrected chi connectivity index (χ4v) is 3.42. The summed E-state index contributed by atoms with van der Waals surface area (Å²) in [5.41, 5.74) is 2.81. The van der Waals surface area contributed by atoms with E-state index in [1.54, 1.807) is 0 Å². The lowest BCUT2D eigenvalue weighted by atomic mass is 10.1. The van der Waals surface area contributed by atoms with E-state index in [4.69, 9.17) is 4.74 Å². The minimum atomic E-state index is 0.0948. The number of nitrogens with zero attached hydrogens (tertiary/aromatic N) is 1. The number of carbonyl (C=O) groups is 1. The summed E-state index contributed by atoms with van der Waals surface area (Å²) in [6, 6.07) is 8.93. The molecule has 3 rings (SSSR count). The highest BCUT2D eigenvalue weighted by Gasteiger charge is 2.26. The Balaban J connectivity index is 1.49. The van der Waals surface area contributed by atoms with Gasteiger partial charge in [0, 0.05) is 19.2 Å². The molecule has 1 aliphatic carbocycles. The molecule has 114 valence electrons. The number of aryl methyl sites for hydroxylation is 1. The van der Waals surface area contributed by atoms with Crippen molar-refractivity contribution in [3.63, 3.8) is 0 Å². The molecule has 0 aromatic heterocycles. The molecule has 1 aromatic rings. The van der Waals surface area contributed by atoms with E-state index in [-0.39, 0.29) is 12.0 Å². The molecule has 1 fully saturated rings. The SMILES string of the molecule is CN(CC(=O)NCC1CCCO1)C1CCc2ccccc21. The predicted molar refractivity (Wildman–Crippen MR) is 82.1 cm³/mol. The first kappa shape index (κ1) is 14.5. The first-order valence-corrected chi connectivity index (χ1v) is 7.90. The van der Waals surface area contributed by atoms with Crippen LogP contribution in [0.2, 0.25) is 0 Å². The summed E-state index contributed by atoms with van der Waals surface area (Å²) in [6.07, 6.45) is 4.61. The second-order valence-electron chi connectivity index (χ2n) is 6.11. The van der Waals surface area contributed by atoms with E-state index in [1.165, 1.54) is 11.1 Å². The lowest BCUT2D eigenvalue weighted by Gasteiger charge is -2.24. The van der Waals surface area contributed by atoms with Crippen LogP contribution in [0.25, 0.3) is 0 Å². The molecule has 1 amide bonds. The number of rotatable bonds is 5. The molecule has 1 heterocycles. The summed E-state index contributed by atoms with van der Waals surface area (Å²) < 4.78 is 5.53. The van der Waals surface area contributed by atoms with Crippen LogP contribution in [0.3, 0.4) is 0 Å². The van der Waals surface area contributed by atoms with Gasteiger partial charge < -0.3 is 10.1 Å². The van der Waals surface area contributed by atoms with Crippen LogP contribution < -0.4 is 5.32 Å². The summed E-state index contributed by atoms with van der Waals surface area (Å²) in [4.78, 5) is 14.2. The molecule has 2 unspecified atom stereocenters. The van der Waals surface area contributed by atoms with Gasteiger partial charge in [-0.25, -0.2) is 0 Å². The van der Waals surface area contributed by atoms with Crippen molar-refractivity contribution < 1.29 is 9.53 Å². The van der Waals surface area contributed by atoms with E-state index >= 15 is 0 Å². The van der Waals surface area contributed by atoms with E-state index in [2.05, 4.69) is 34.5 Å². The largest absolute Gasteiger partial charge is 0.376 e. The van der Waals surface area contributed by atoms with Crippen molar-refractivity contribution in [3.8, 4) is 0 Å². The van der Waals surface area contributed by atoms with Crippen molar-refractivity contribution >= 4 is 5.91 Å². The number of likely N-dealkylation sites (N-methyl/N-ethyl adjacent to an activating group) is 1. The number of nitrogens with one attached hydrogen (secondary N) is 1. The number of fused-ring (bicyclic) bond motifs is 1. The fourth-order valence-electron chi connectivity index (χ4n) is 3.42. The van der Waals surface area contributed by atoms with Gasteiger partial charge in [0.05, 0.1) is 12.6 Å². The highest BCUT2D eigenvalue weighted by atomic mass is 16.5. The Morgan fingerprint density at radius 2 is 2.24 bits per heavy atom. The molecule has 1 aliphatic heterocycles. The van der Waals surface area contributed by atoms with Crippen LogP contribution in [0, 0.1) is 0 Å². The molecule has 0 radical (unpaired) electrons. The van der Waals surface area contributed by atoms with Gasteiger partial charge in [-0.15, -0.1) is 0 Å². The molecule has 0 bridgehead atoms. The van der Waals surface area contributed by atoms with Crippen LogP contribution in [0.15, 0.2) is 24.3 Å². The van der Waals surface area contributed by atoms with Crippen LogP contribution in [0.5, 0.6) is 0 Å².